The lowest BCUT2D eigenvalue weighted by Gasteiger charge is -2.04. The van der Waals surface area contributed by atoms with Gasteiger partial charge in [-0.2, -0.15) is 0 Å². The van der Waals surface area contributed by atoms with Crippen molar-refractivity contribution in [1.29, 1.82) is 0 Å². The number of hydrogen-bond acceptors (Lipinski definition) is 2. The van der Waals surface area contributed by atoms with Crippen molar-refractivity contribution >= 4 is 47.3 Å². The summed E-state index contributed by atoms with van der Waals surface area (Å²) in [4.78, 5) is 10.9. The van der Waals surface area contributed by atoms with Crippen molar-refractivity contribution in [2.45, 2.75) is 119 Å². The molecule has 0 unspecified atom stereocenters. The Labute approximate surface area is 194 Å². The average Bonchev–Trinajstić information content (AvgIpc) is 2.68. The van der Waals surface area contributed by atoms with Crippen molar-refractivity contribution in [1.82, 2.24) is 0 Å². The van der Waals surface area contributed by atoms with E-state index in [1.54, 1.807) is 0 Å². The molecule has 0 heterocycles. The molecule has 0 saturated carbocycles. The van der Waals surface area contributed by atoms with Gasteiger partial charge in [0, 0.05) is 6.08 Å². The highest BCUT2D eigenvalue weighted by atomic mass is 79.9. The Balaban J connectivity index is 3.03. The molecule has 0 aromatic carbocycles. The van der Waals surface area contributed by atoms with Crippen LogP contribution in [0.15, 0.2) is 12.7 Å². The van der Waals surface area contributed by atoms with E-state index in [1.807, 2.05) is 0 Å². The van der Waals surface area contributed by atoms with Gasteiger partial charge >= 0.3 is 5.97 Å². The Morgan fingerprint density at radius 1 is 0.714 bits per heavy atom. The lowest BCUT2D eigenvalue weighted by atomic mass is 10.0. The van der Waals surface area contributed by atoms with Crippen molar-refractivity contribution in [2.24, 2.45) is 0 Å². The Kier molecular flexibility index (Phi) is 24.0. The molecular formula is C23H42Br2O2Si. The zero-order chi connectivity index (χ0) is 20.7. The molecule has 2 nitrogen and oxygen atoms in total. The average molecular weight is 538 g/mol. The number of esters is 1. The first-order valence-electron chi connectivity index (χ1n) is 11.5. The van der Waals surface area contributed by atoms with Crippen LogP contribution in [-0.2, 0) is 9.53 Å². The van der Waals surface area contributed by atoms with Gasteiger partial charge in [-0.15, -0.1) is 0 Å². The Morgan fingerprint density at radius 2 is 1.07 bits per heavy atom. The summed E-state index contributed by atoms with van der Waals surface area (Å²) in [7, 11) is 1.01. The third-order valence-corrected chi connectivity index (χ3v) is 7.92. The van der Waals surface area contributed by atoms with Gasteiger partial charge in [-0.25, -0.2) is 4.79 Å². The number of halogens is 2. The summed E-state index contributed by atoms with van der Waals surface area (Å²) < 4.78 is 5.51. The van der Waals surface area contributed by atoms with Crippen LogP contribution in [0.5, 0.6) is 0 Å². The molecule has 0 bridgehead atoms. The summed E-state index contributed by atoms with van der Waals surface area (Å²) in [5.41, 5.74) is 0. The van der Waals surface area contributed by atoms with E-state index in [0.29, 0.717) is 9.97 Å². The van der Waals surface area contributed by atoms with Crippen LogP contribution in [0, 0.1) is 0 Å². The van der Waals surface area contributed by atoms with E-state index in [1.165, 1.54) is 115 Å². The highest BCUT2D eigenvalue weighted by Gasteiger charge is 1.99. The first kappa shape index (κ1) is 28.4. The molecule has 0 aliphatic carbocycles. The number of carbonyl (C=O) groups is 1. The maximum atomic E-state index is 10.9. The molecule has 0 N–H and O–H groups in total. The molecule has 0 fully saturated rings. The Bertz CT molecular complexity index is 351. The minimum Gasteiger partial charge on any atom is -0.463 e. The number of hydrogen-bond donors (Lipinski definition) is 0. The number of rotatable bonds is 22. The molecule has 164 valence electrons. The molecular weight excluding hydrogens is 496 g/mol. The van der Waals surface area contributed by atoms with E-state index in [0.717, 1.165) is 15.9 Å². The van der Waals surface area contributed by atoms with Crippen LogP contribution in [0.2, 0.25) is 6.04 Å². The standard InChI is InChI=1S/C23H42Br2O2Si/c1-2-22(26)27-20-18-16-14-12-10-8-6-4-3-5-7-9-11-13-15-17-19-21-28-23(24)25/h2,23H,1,3-21H2. The van der Waals surface area contributed by atoms with Gasteiger partial charge in [0.15, 0.2) is 0 Å². The molecule has 0 amide bonds. The van der Waals surface area contributed by atoms with Crippen molar-refractivity contribution in [3.8, 4) is 0 Å². The van der Waals surface area contributed by atoms with Gasteiger partial charge < -0.3 is 4.74 Å². The van der Waals surface area contributed by atoms with Gasteiger partial charge in [-0.3, -0.25) is 0 Å². The van der Waals surface area contributed by atoms with Crippen LogP contribution in [0.1, 0.15) is 109 Å². The van der Waals surface area contributed by atoms with Crippen LogP contribution >= 0.6 is 31.9 Å². The summed E-state index contributed by atoms with van der Waals surface area (Å²) in [6.07, 6.45) is 24.4. The fourth-order valence-corrected chi connectivity index (χ4v) is 5.37. The minimum absolute atomic E-state index is 0.301. The highest BCUT2D eigenvalue weighted by Crippen LogP contribution is 2.15. The van der Waals surface area contributed by atoms with Gasteiger partial charge in [-0.1, -0.05) is 147 Å². The molecule has 5 heteroatoms. The summed E-state index contributed by atoms with van der Waals surface area (Å²) in [6.45, 7) is 3.93. The molecule has 0 aliphatic heterocycles. The molecule has 0 aliphatic rings. The van der Waals surface area contributed by atoms with E-state index in [4.69, 9.17) is 4.74 Å². The number of alkyl halides is 2. The first-order chi connectivity index (χ1) is 13.7. The smallest absolute Gasteiger partial charge is 0.330 e. The second kappa shape index (κ2) is 23.7. The van der Waals surface area contributed by atoms with E-state index in [9.17, 15) is 4.79 Å². The molecule has 0 rings (SSSR count). The number of ether oxygens (including phenoxy) is 1. The number of carbonyl (C=O) groups excluding carboxylic acids is 1. The predicted octanol–water partition coefficient (Wildman–Crippen LogP) is 8.54. The van der Waals surface area contributed by atoms with Crippen molar-refractivity contribution < 1.29 is 9.53 Å². The van der Waals surface area contributed by atoms with Crippen LogP contribution in [-0.4, -0.2) is 25.5 Å². The lowest BCUT2D eigenvalue weighted by Crippen LogP contribution is -2.01. The zero-order valence-electron chi connectivity index (χ0n) is 17.9. The van der Waals surface area contributed by atoms with Crippen LogP contribution < -0.4 is 0 Å². The second-order valence-corrected chi connectivity index (χ2v) is 13.9. The third-order valence-electron chi connectivity index (χ3n) is 5.03. The van der Waals surface area contributed by atoms with E-state index in [-0.39, 0.29) is 5.97 Å². The molecule has 0 aromatic heterocycles. The third kappa shape index (κ3) is 24.4. The zero-order valence-corrected chi connectivity index (χ0v) is 22.0. The molecule has 0 saturated heterocycles. The Morgan fingerprint density at radius 3 is 1.43 bits per heavy atom. The summed E-state index contributed by atoms with van der Waals surface area (Å²) >= 11 is 7.10. The molecule has 0 spiro atoms. The SMILES string of the molecule is C=CC(=O)OCCCCCCCCCCCCCCCCCCC[Si]C(Br)Br. The summed E-state index contributed by atoms with van der Waals surface area (Å²) in [6, 6.07) is 1.37. The summed E-state index contributed by atoms with van der Waals surface area (Å²) in [5.74, 6) is -0.301. The quantitative estimate of drug-likeness (QED) is 0.0454. The maximum Gasteiger partial charge on any atom is 0.330 e. The molecule has 2 radical (unpaired) electrons. The highest BCUT2D eigenvalue weighted by molar-refractivity contribution is 9.25. The second-order valence-electron chi connectivity index (χ2n) is 7.64. The predicted molar refractivity (Wildman–Crippen MR) is 132 cm³/mol. The minimum atomic E-state index is -0.301. The van der Waals surface area contributed by atoms with Crippen molar-refractivity contribution in [3.05, 3.63) is 12.7 Å². The number of unbranched alkanes of at least 4 members (excludes halogenated alkanes) is 16. The van der Waals surface area contributed by atoms with Gasteiger partial charge in [-0.05, 0) is 6.42 Å². The molecule has 0 atom stereocenters. The van der Waals surface area contributed by atoms with Crippen LogP contribution in [0.25, 0.3) is 0 Å². The van der Waals surface area contributed by atoms with Gasteiger partial charge in [0.1, 0.15) is 0 Å². The lowest BCUT2D eigenvalue weighted by molar-refractivity contribution is -0.137. The van der Waals surface area contributed by atoms with E-state index >= 15 is 0 Å². The molecule has 28 heavy (non-hydrogen) atoms. The Hall–Kier alpha value is 0.387. The maximum absolute atomic E-state index is 10.9. The van der Waals surface area contributed by atoms with E-state index < -0.39 is 0 Å². The fourth-order valence-electron chi connectivity index (χ4n) is 3.32. The van der Waals surface area contributed by atoms with Crippen molar-refractivity contribution in [3.63, 3.8) is 0 Å². The summed E-state index contributed by atoms with van der Waals surface area (Å²) in [5, 5.41) is 0. The first-order valence-corrected chi connectivity index (χ1v) is 14.6. The van der Waals surface area contributed by atoms with E-state index in [2.05, 4.69) is 38.4 Å². The van der Waals surface area contributed by atoms with Gasteiger partial charge in [0.25, 0.3) is 0 Å². The van der Waals surface area contributed by atoms with Crippen LogP contribution in [0.4, 0.5) is 0 Å². The molecule has 0 aromatic rings. The monoisotopic (exact) mass is 536 g/mol. The fraction of sp³-hybridized carbons (Fsp3) is 0.870. The normalized spacial score (nSPS) is 11.1. The van der Waals surface area contributed by atoms with Gasteiger partial charge in [0.05, 0.1) is 19.5 Å². The van der Waals surface area contributed by atoms with Crippen molar-refractivity contribution in [2.75, 3.05) is 6.61 Å². The topological polar surface area (TPSA) is 26.3 Å². The van der Waals surface area contributed by atoms with Crippen LogP contribution in [0.3, 0.4) is 0 Å². The largest absolute Gasteiger partial charge is 0.463 e. The van der Waals surface area contributed by atoms with Gasteiger partial charge in [0.2, 0.25) is 0 Å².